The van der Waals surface area contributed by atoms with Crippen LogP contribution in [0.3, 0.4) is 0 Å². The Hall–Kier alpha value is -2.23. The van der Waals surface area contributed by atoms with E-state index in [9.17, 15) is 17.6 Å². The van der Waals surface area contributed by atoms with Crippen molar-refractivity contribution in [2.45, 2.75) is 12.7 Å². The van der Waals surface area contributed by atoms with E-state index in [-0.39, 0.29) is 17.9 Å². The SMILES string of the molecule is Fc1cc(Br)cc2ccc(NCc3nc(C(F)(F)F)n[nH]3)nc12. The minimum absolute atomic E-state index is 0.00417. The lowest BCUT2D eigenvalue weighted by molar-refractivity contribution is -0.144. The van der Waals surface area contributed by atoms with Crippen LogP contribution >= 0.6 is 15.9 Å². The van der Waals surface area contributed by atoms with Crippen LogP contribution in [0.15, 0.2) is 28.7 Å². The number of halogens is 5. The van der Waals surface area contributed by atoms with Gasteiger partial charge in [-0.3, -0.25) is 5.10 Å². The van der Waals surface area contributed by atoms with E-state index in [0.29, 0.717) is 15.7 Å². The molecule has 0 radical (unpaired) electrons. The number of hydrogen-bond donors (Lipinski definition) is 2. The molecule has 0 aliphatic rings. The summed E-state index contributed by atoms with van der Waals surface area (Å²) < 4.78 is 51.6. The standard InChI is InChI=1S/C13H8BrF4N5/c14-7-3-6-1-2-9(20-11(6)8(15)4-7)19-5-10-21-12(23-22-10)13(16,17)18/h1-4H,5H2,(H,19,20)(H,21,22,23). The lowest BCUT2D eigenvalue weighted by Crippen LogP contribution is -2.08. The quantitative estimate of drug-likeness (QED) is 0.667. The first-order chi connectivity index (χ1) is 10.8. The van der Waals surface area contributed by atoms with Crippen molar-refractivity contribution in [2.24, 2.45) is 0 Å². The van der Waals surface area contributed by atoms with E-state index in [1.165, 1.54) is 6.07 Å². The molecule has 0 atom stereocenters. The number of pyridine rings is 1. The van der Waals surface area contributed by atoms with Gasteiger partial charge in [0.05, 0.1) is 6.54 Å². The van der Waals surface area contributed by atoms with Crippen molar-refractivity contribution >= 4 is 32.7 Å². The van der Waals surface area contributed by atoms with Gasteiger partial charge in [0.25, 0.3) is 5.82 Å². The lowest BCUT2D eigenvalue weighted by atomic mass is 10.2. The topological polar surface area (TPSA) is 66.5 Å². The molecule has 5 nitrogen and oxygen atoms in total. The number of anilines is 1. The highest BCUT2D eigenvalue weighted by molar-refractivity contribution is 9.10. The van der Waals surface area contributed by atoms with Gasteiger partial charge in [0.15, 0.2) is 5.82 Å². The Morgan fingerprint density at radius 1 is 1.17 bits per heavy atom. The van der Waals surface area contributed by atoms with Gasteiger partial charge in [-0.1, -0.05) is 15.9 Å². The van der Waals surface area contributed by atoms with Crippen LogP contribution in [0.25, 0.3) is 10.9 Å². The molecule has 2 N–H and O–H groups in total. The highest BCUT2D eigenvalue weighted by Crippen LogP contribution is 2.26. The van der Waals surface area contributed by atoms with Crippen LogP contribution in [0.1, 0.15) is 11.6 Å². The number of benzene rings is 1. The van der Waals surface area contributed by atoms with E-state index in [1.54, 1.807) is 18.2 Å². The summed E-state index contributed by atoms with van der Waals surface area (Å²) in [5.41, 5.74) is 0.159. The Labute approximate surface area is 135 Å². The van der Waals surface area contributed by atoms with E-state index < -0.39 is 17.8 Å². The fraction of sp³-hybridized carbons (Fsp3) is 0.154. The molecule has 1 aromatic carbocycles. The molecule has 2 heterocycles. The zero-order chi connectivity index (χ0) is 16.6. The van der Waals surface area contributed by atoms with Gasteiger partial charge in [-0.15, -0.1) is 5.10 Å². The smallest absolute Gasteiger partial charge is 0.363 e. The van der Waals surface area contributed by atoms with Gasteiger partial charge in [0.2, 0.25) is 0 Å². The molecule has 10 heteroatoms. The maximum absolute atomic E-state index is 13.9. The highest BCUT2D eigenvalue weighted by atomic mass is 79.9. The molecule has 0 saturated carbocycles. The second kappa shape index (κ2) is 5.76. The third-order valence-electron chi connectivity index (χ3n) is 2.93. The third kappa shape index (κ3) is 3.41. The number of alkyl halides is 3. The fourth-order valence-corrected chi connectivity index (χ4v) is 2.38. The second-order valence-electron chi connectivity index (χ2n) is 4.61. The zero-order valence-corrected chi connectivity index (χ0v) is 12.8. The summed E-state index contributed by atoms with van der Waals surface area (Å²) >= 11 is 3.19. The molecule has 0 fully saturated rings. The number of aromatic amines is 1. The molecular weight excluding hydrogens is 382 g/mol. The minimum Gasteiger partial charge on any atom is -0.363 e. The number of aromatic nitrogens is 4. The van der Waals surface area contributed by atoms with Crippen LogP contribution < -0.4 is 5.32 Å². The van der Waals surface area contributed by atoms with Gasteiger partial charge in [-0.05, 0) is 24.3 Å². The van der Waals surface area contributed by atoms with Crippen LogP contribution in [0.2, 0.25) is 0 Å². The Balaban J connectivity index is 1.78. The average molecular weight is 390 g/mol. The van der Waals surface area contributed by atoms with E-state index in [0.717, 1.165) is 0 Å². The van der Waals surface area contributed by atoms with Crippen molar-refractivity contribution < 1.29 is 17.6 Å². The van der Waals surface area contributed by atoms with E-state index in [4.69, 9.17) is 0 Å². The summed E-state index contributed by atoms with van der Waals surface area (Å²) in [5, 5.41) is 8.64. The largest absolute Gasteiger partial charge is 0.453 e. The number of rotatable bonds is 3. The minimum atomic E-state index is -4.60. The van der Waals surface area contributed by atoms with Crippen molar-refractivity contribution in [2.75, 3.05) is 5.32 Å². The Morgan fingerprint density at radius 2 is 1.96 bits per heavy atom. The Bertz CT molecular complexity index is 861. The van der Waals surface area contributed by atoms with E-state index in [2.05, 4.69) is 41.4 Å². The summed E-state index contributed by atoms with van der Waals surface area (Å²) in [6.07, 6.45) is -4.60. The van der Waals surface area contributed by atoms with Crippen molar-refractivity contribution in [3.63, 3.8) is 0 Å². The summed E-state index contributed by atoms with van der Waals surface area (Å²) in [6, 6.07) is 6.24. The molecule has 0 saturated heterocycles. The Kier molecular flexibility index (Phi) is 3.92. The lowest BCUT2D eigenvalue weighted by Gasteiger charge is -2.06. The predicted octanol–water partition coefficient (Wildman–Crippen LogP) is 3.89. The van der Waals surface area contributed by atoms with Crippen LogP contribution in [-0.2, 0) is 12.7 Å². The normalized spacial score (nSPS) is 11.9. The first-order valence-electron chi connectivity index (χ1n) is 6.31. The molecule has 0 amide bonds. The van der Waals surface area contributed by atoms with Crippen LogP contribution in [-0.4, -0.2) is 20.2 Å². The highest BCUT2D eigenvalue weighted by Gasteiger charge is 2.35. The molecule has 120 valence electrons. The summed E-state index contributed by atoms with van der Waals surface area (Å²) in [4.78, 5) is 7.42. The second-order valence-corrected chi connectivity index (χ2v) is 5.53. The molecule has 0 spiro atoms. The van der Waals surface area contributed by atoms with Gasteiger partial charge >= 0.3 is 6.18 Å². The van der Waals surface area contributed by atoms with E-state index in [1.807, 2.05) is 0 Å². The molecule has 0 aliphatic heterocycles. The Morgan fingerprint density at radius 3 is 2.65 bits per heavy atom. The van der Waals surface area contributed by atoms with Crippen LogP contribution in [0.4, 0.5) is 23.4 Å². The summed E-state index contributed by atoms with van der Waals surface area (Å²) in [6.45, 7) is -0.0558. The van der Waals surface area contributed by atoms with E-state index >= 15 is 0 Å². The zero-order valence-electron chi connectivity index (χ0n) is 11.2. The van der Waals surface area contributed by atoms with Gasteiger partial charge in [0, 0.05) is 9.86 Å². The summed E-state index contributed by atoms with van der Waals surface area (Å²) in [5.74, 6) is -1.44. The molecule has 3 aromatic rings. The average Bonchev–Trinajstić information content (AvgIpc) is 2.94. The molecule has 0 unspecified atom stereocenters. The number of nitrogens with one attached hydrogen (secondary N) is 2. The number of nitrogens with zero attached hydrogens (tertiary/aromatic N) is 3. The molecule has 2 aromatic heterocycles. The van der Waals surface area contributed by atoms with Gasteiger partial charge in [-0.2, -0.15) is 13.2 Å². The molecular formula is C13H8BrF4N5. The molecule has 23 heavy (non-hydrogen) atoms. The predicted molar refractivity (Wildman–Crippen MR) is 78.1 cm³/mol. The number of hydrogen-bond acceptors (Lipinski definition) is 4. The third-order valence-corrected chi connectivity index (χ3v) is 3.39. The van der Waals surface area contributed by atoms with Crippen LogP contribution in [0.5, 0.6) is 0 Å². The van der Waals surface area contributed by atoms with Crippen LogP contribution in [0, 0.1) is 5.82 Å². The summed E-state index contributed by atoms with van der Waals surface area (Å²) in [7, 11) is 0. The molecule has 0 aliphatic carbocycles. The van der Waals surface area contributed by atoms with Crippen molar-refractivity contribution in [3.05, 3.63) is 46.2 Å². The van der Waals surface area contributed by atoms with Crippen molar-refractivity contribution in [1.29, 1.82) is 0 Å². The monoisotopic (exact) mass is 389 g/mol. The number of fused-ring (bicyclic) bond motifs is 1. The van der Waals surface area contributed by atoms with Gasteiger partial charge < -0.3 is 5.32 Å². The number of H-pyrrole nitrogens is 1. The maximum Gasteiger partial charge on any atom is 0.453 e. The van der Waals surface area contributed by atoms with Gasteiger partial charge in [0.1, 0.15) is 17.2 Å². The first-order valence-corrected chi connectivity index (χ1v) is 7.10. The first kappa shape index (κ1) is 15.7. The van der Waals surface area contributed by atoms with Crippen molar-refractivity contribution in [1.82, 2.24) is 20.2 Å². The van der Waals surface area contributed by atoms with Crippen molar-refractivity contribution in [3.8, 4) is 0 Å². The van der Waals surface area contributed by atoms with Gasteiger partial charge in [-0.25, -0.2) is 14.4 Å². The maximum atomic E-state index is 13.9. The fourth-order valence-electron chi connectivity index (χ4n) is 1.93. The molecule has 0 bridgehead atoms. The molecule has 3 rings (SSSR count).